The average Bonchev–Trinajstić information content (AvgIpc) is 2.79. The lowest BCUT2D eigenvalue weighted by molar-refractivity contribution is -0.149. The van der Waals surface area contributed by atoms with Crippen molar-refractivity contribution in [2.24, 2.45) is 17.8 Å². The van der Waals surface area contributed by atoms with Gasteiger partial charge in [0, 0.05) is 0 Å². The number of rotatable bonds is 4. The van der Waals surface area contributed by atoms with Gasteiger partial charge in [-0.2, -0.15) is 0 Å². The van der Waals surface area contributed by atoms with Crippen molar-refractivity contribution in [3.63, 3.8) is 0 Å². The molecule has 0 aromatic heterocycles. The van der Waals surface area contributed by atoms with Crippen LogP contribution in [0.2, 0.25) is 0 Å². The molecule has 0 spiro atoms. The van der Waals surface area contributed by atoms with Crippen LogP contribution in [0.1, 0.15) is 32.6 Å². The third-order valence-corrected chi connectivity index (χ3v) is 3.32. The zero-order valence-corrected chi connectivity index (χ0v) is 8.74. The second-order valence-electron chi connectivity index (χ2n) is 4.41. The monoisotopic (exact) mass is 194 g/mol. The minimum Gasteiger partial charge on any atom is -0.465 e. The first-order valence-corrected chi connectivity index (χ1v) is 5.66. The van der Waals surface area contributed by atoms with E-state index in [0.29, 0.717) is 18.4 Å². The van der Waals surface area contributed by atoms with Crippen LogP contribution in [0.4, 0.5) is 0 Å². The van der Waals surface area contributed by atoms with E-state index in [1.54, 1.807) is 0 Å². The summed E-state index contributed by atoms with van der Waals surface area (Å²) in [5.41, 5.74) is 0. The maximum Gasteiger partial charge on any atom is 0.309 e. The summed E-state index contributed by atoms with van der Waals surface area (Å²) in [6.45, 7) is 2.71. The highest BCUT2D eigenvalue weighted by Crippen LogP contribution is 2.43. The summed E-state index contributed by atoms with van der Waals surface area (Å²) >= 11 is 0. The molecule has 2 aliphatic rings. The lowest BCUT2D eigenvalue weighted by Gasteiger charge is -2.16. The van der Waals surface area contributed by atoms with Crippen LogP contribution in [0, 0.1) is 17.8 Å². The lowest BCUT2D eigenvalue weighted by atomic mass is 9.94. The maximum atomic E-state index is 11.7. The van der Waals surface area contributed by atoms with Crippen LogP contribution in [0.3, 0.4) is 0 Å². The quantitative estimate of drug-likeness (QED) is 0.390. The highest BCUT2D eigenvalue weighted by Gasteiger charge is 2.40. The van der Waals surface area contributed by atoms with Gasteiger partial charge in [-0.3, -0.25) is 4.79 Å². The molecule has 1 fully saturated rings. The maximum absolute atomic E-state index is 11.7. The van der Waals surface area contributed by atoms with Gasteiger partial charge in [0.05, 0.1) is 12.5 Å². The Morgan fingerprint density at radius 2 is 2.29 bits per heavy atom. The van der Waals surface area contributed by atoms with Crippen molar-refractivity contribution in [3.8, 4) is 0 Å². The van der Waals surface area contributed by atoms with Crippen molar-refractivity contribution < 1.29 is 9.53 Å². The Bertz CT molecular complexity index is 245. The normalized spacial score (nSPS) is 33.6. The smallest absolute Gasteiger partial charge is 0.309 e. The molecule has 0 saturated heterocycles. The standard InChI is InChI=1S/C12H18O2/c1-2-3-6-14-12(13)11-8-9-4-5-10(11)7-9/h4-5,9-11H,2-3,6-8H2,1H3/t9-,10+,11-/m1/s1. The van der Waals surface area contributed by atoms with Gasteiger partial charge in [-0.1, -0.05) is 25.5 Å². The highest BCUT2D eigenvalue weighted by atomic mass is 16.5. The van der Waals surface area contributed by atoms with Crippen LogP contribution < -0.4 is 0 Å². The van der Waals surface area contributed by atoms with E-state index in [0.717, 1.165) is 19.3 Å². The molecule has 78 valence electrons. The summed E-state index contributed by atoms with van der Waals surface area (Å²) in [6.07, 6.45) is 8.71. The lowest BCUT2D eigenvalue weighted by Crippen LogP contribution is -2.21. The van der Waals surface area contributed by atoms with Gasteiger partial charge in [0.15, 0.2) is 0 Å². The number of esters is 1. The van der Waals surface area contributed by atoms with Crippen LogP contribution in [-0.4, -0.2) is 12.6 Å². The minimum atomic E-state index is 0.0373. The zero-order chi connectivity index (χ0) is 9.97. The molecule has 0 amide bonds. The van der Waals surface area contributed by atoms with Gasteiger partial charge >= 0.3 is 5.97 Å². The van der Waals surface area contributed by atoms with E-state index in [1.165, 1.54) is 6.42 Å². The van der Waals surface area contributed by atoms with E-state index in [1.807, 2.05) is 0 Å². The van der Waals surface area contributed by atoms with E-state index in [9.17, 15) is 4.79 Å². The van der Waals surface area contributed by atoms with Crippen molar-refractivity contribution in [2.45, 2.75) is 32.6 Å². The van der Waals surface area contributed by atoms with Gasteiger partial charge in [0.25, 0.3) is 0 Å². The Labute approximate surface area is 85.3 Å². The van der Waals surface area contributed by atoms with E-state index in [4.69, 9.17) is 4.74 Å². The molecule has 0 aromatic carbocycles. The summed E-state index contributed by atoms with van der Waals surface area (Å²) in [5.74, 6) is 1.34. The van der Waals surface area contributed by atoms with E-state index in [2.05, 4.69) is 19.1 Å². The Kier molecular flexibility index (Phi) is 2.90. The number of hydrogen-bond donors (Lipinski definition) is 0. The number of allylic oxidation sites excluding steroid dienone is 2. The molecule has 0 aromatic rings. The fraction of sp³-hybridized carbons (Fsp3) is 0.750. The molecule has 2 bridgehead atoms. The second kappa shape index (κ2) is 4.16. The van der Waals surface area contributed by atoms with Gasteiger partial charge in [-0.25, -0.2) is 0 Å². The van der Waals surface area contributed by atoms with Gasteiger partial charge < -0.3 is 4.74 Å². The molecule has 0 unspecified atom stereocenters. The Morgan fingerprint density at radius 3 is 2.86 bits per heavy atom. The first-order valence-electron chi connectivity index (χ1n) is 5.66. The molecule has 3 atom stereocenters. The second-order valence-corrected chi connectivity index (χ2v) is 4.41. The first kappa shape index (κ1) is 9.75. The molecule has 0 heterocycles. The van der Waals surface area contributed by atoms with Gasteiger partial charge in [0.1, 0.15) is 0 Å². The minimum absolute atomic E-state index is 0.0373. The molecule has 14 heavy (non-hydrogen) atoms. The summed E-state index contributed by atoms with van der Waals surface area (Å²) in [7, 11) is 0. The van der Waals surface area contributed by atoms with Crippen LogP contribution in [0.25, 0.3) is 0 Å². The number of carbonyl (C=O) groups excluding carboxylic acids is 1. The van der Waals surface area contributed by atoms with E-state index in [-0.39, 0.29) is 11.9 Å². The van der Waals surface area contributed by atoms with Crippen molar-refractivity contribution in [1.82, 2.24) is 0 Å². The molecule has 2 heteroatoms. The van der Waals surface area contributed by atoms with E-state index < -0.39 is 0 Å². The largest absolute Gasteiger partial charge is 0.465 e. The molecule has 0 N–H and O–H groups in total. The van der Waals surface area contributed by atoms with Crippen LogP contribution >= 0.6 is 0 Å². The first-order chi connectivity index (χ1) is 6.81. The number of ether oxygens (including phenoxy) is 1. The summed E-state index contributed by atoms with van der Waals surface area (Å²) in [4.78, 5) is 11.7. The molecular formula is C12H18O2. The third-order valence-electron chi connectivity index (χ3n) is 3.32. The molecule has 2 nitrogen and oxygen atoms in total. The molecule has 0 aliphatic heterocycles. The Balaban J connectivity index is 1.79. The van der Waals surface area contributed by atoms with Crippen LogP contribution in [-0.2, 0) is 9.53 Å². The van der Waals surface area contributed by atoms with Crippen LogP contribution in [0.5, 0.6) is 0 Å². The molecule has 2 rings (SSSR count). The fourth-order valence-electron chi connectivity index (χ4n) is 2.48. The Morgan fingerprint density at radius 1 is 1.43 bits per heavy atom. The number of unbranched alkanes of at least 4 members (excludes halogenated alkanes) is 1. The van der Waals surface area contributed by atoms with Crippen molar-refractivity contribution >= 4 is 5.97 Å². The summed E-state index contributed by atoms with van der Waals surface area (Å²) < 4.78 is 5.25. The van der Waals surface area contributed by atoms with Crippen molar-refractivity contribution in [3.05, 3.63) is 12.2 Å². The van der Waals surface area contributed by atoms with Crippen LogP contribution in [0.15, 0.2) is 12.2 Å². The predicted molar refractivity (Wildman–Crippen MR) is 54.7 cm³/mol. The number of fused-ring (bicyclic) bond motifs is 2. The highest BCUT2D eigenvalue weighted by molar-refractivity contribution is 5.74. The van der Waals surface area contributed by atoms with Gasteiger partial charge in [0.2, 0.25) is 0 Å². The molecule has 1 saturated carbocycles. The SMILES string of the molecule is CCCCOC(=O)[C@@H]1C[C@@H]2C=C[C@H]1C2. The predicted octanol–water partition coefficient (Wildman–Crippen LogP) is 2.54. The average molecular weight is 194 g/mol. The zero-order valence-electron chi connectivity index (χ0n) is 8.74. The van der Waals surface area contributed by atoms with Gasteiger partial charge in [-0.15, -0.1) is 0 Å². The molecule has 2 aliphatic carbocycles. The summed E-state index contributed by atoms with van der Waals surface area (Å²) in [5, 5.41) is 0. The van der Waals surface area contributed by atoms with E-state index >= 15 is 0 Å². The molecule has 0 radical (unpaired) electrons. The summed E-state index contributed by atoms with van der Waals surface area (Å²) in [6, 6.07) is 0. The van der Waals surface area contributed by atoms with Gasteiger partial charge in [-0.05, 0) is 31.1 Å². The van der Waals surface area contributed by atoms with Crippen molar-refractivity contribution in [2.75, 3.05) is 6.61 Å². The fourth-order valence-corrected chi connectivity index (χ4v) is 2.48. The molecular weight excluding hydrogens is 176 g/mol. The number of carbonyl (C=O) groups is 1. The topological polar surface area (TPSA) is 26.3 Å². The van der Waals surface area contributed by atoms with Crippen molar-refractivity contribution in [1.29, 1.82) is 0 Å². The third kappa shape index (κ3) is 1.84. The number of hydrogen-bond acceptors (Lipinski definition) is 2. The Hall–Kier alpha value is -0.790.